The van der Waals surface area contributed by atoms with Crippen LogP contribution in [0.5, 0.6) is 0 Å². The van der Waals surface area contributed by atoms with Crippen LogP contribution in [-0.2, 0) is 16.1 Å². The minimum atomic E-state index is -0.547. The second-order valence-corrected chi connectivity index (χ2v) is 5.33. The Balaban J connectivity index is 2.12. The number of aromatic nitrogens is 2. The quantitative estimate of drug-likeness (QED) is 0.793. The molecule has 8 heteroatoms. The number of ether oxygens (including phenoxy) is 1. The number of carbonyl (C=O) groups is 1. The third kappa shape index (κ3) is 4.18. The van der Waals surface area contributed by atoms with E-state index in [4.69, 9.17) is 11.6 Å². The zero-order chi connectivity index (χ0) is 15.2. The average Bonchev–Trinajstić information content (AvgIpc) is 2.75. The minimum absolute atomic E-state index is 0.0400. The normalized spacial score (nSPS) is 18.9. The predicted molar refractivity (Wildman–Crippen MR) is 79.7 cm³/mol. The van der Waals surface area contributed by atoms with Crippen LogP contribution in [0.25, 0.3) is 0 Å². The molecule has 1 aromatic heterocycles. The summed E-state index contributed by atoms with van der Waals surface area (Å²) in [5, 5.41) is 10.6. The lowest BCUT2D eigenvalue weighted by atomic mass is 10.1. The van der Waals surface area contributed by atoms with E-state index in [0.717, 1.165) is 37.0 Å². The molecule has 0 bridgehead atoms. The Labute approximate surface area is 127 Å². The van der Waals surface area contributed by atoms with Crippen LogP contribution in [0.1, 0.15) is 19.3 Å². The first-order valence-corrected chi connectivity index (χ1v) is 7.29. The monoisotopic (exact) mass is 314 g/mol. The Kier molecular flexibility index (Phi) is 5.58. The molecule has 0 aromatic carbocycles. The van der Waals surface area contributed by atoms with Gasteiger partial charge in [0, 0.05) is 12.6 Å². The third-order valence-electron chi connectivity index (χ3n) is 3.40. The number of nitrogens with zero attached hydrogens (tertiary/aromatic N) is 2. The van der Waals surface area contributed by atoms with Crippen molar-refractivity contribution in [3.63, 3.8) is 0 Å². The Morgan fingerprint density at radius 1 is 1.62 bits per heavy atom. The first-order chi connectivity index (χ1) is 10.1. The van der Waals surface area contributed by atoms with Crippen LogP contribution >= 0.6 is 11.6 Å². The molecule has 2 heterocycles. The van der Waals surface area contributed by atoms with Crippen molar-refractivity contribution in [2.75, 3.05) is 25.5 Å². The van der Waals surface area contributed by atoms with Crippen molar-refractivity contribution in [1.82, 2.24) is 15.1 Å². The van der Waals surface area contributed by atoms with Gasteiger partial charge in [-0.15, -0.1) is 0 Å². The fourth-order valence-corrected chi connectivity index (χ4v) is 2.43. The zero-order valence-electron chi connectivity index (χ0n) is 11.9. The summed E-state index contributed by atoms with van der Waals surface area (Å²) in [6.07, 6.45) is 4.74. The number of methoxy groups -OCH3 is 1. The SMILES string of the molecule is COC(=O)Cn1ncc(NC2CCCCNC2)c(Cl)c1=O. The van der Waals surface area contributed by atoms with Gasteiger partial charge in [-0.25, -0.2) is 4.68 Å². The van der Waals surface area contributed by atoms with Crippen LogP contribution in [0.2, 0.25) is 5.02 Å². The van der Waals surface area contributed by atoms with Gasteiger partial charge in [0.2, 0.25) is 0 Å². The number of nitrogens with one attached hydrogen (secondary N) is 2. The van der Waals surface area contributed by atoms with Gasteiger partial charge in [-0.05, 0) is 19.4 Å². The van der Waals surface area contributed by atoms with E-state index in [1.807, 2.05) is 0 Å². The van der Waals surface area contributed by atoms with Crippen LogP contribution in [0.15, 0.2) is 11.0 Å². The van der Waals surface area contributed by atoms with Crippen molar-refractivity contribution in [2.45, 2.75) is 31.8 Å². The van der Waals surface area contributed by atoms with Gasteiger partial charge in [0.15, 0.2) is 0 Å². The lowest BCUT2D eigenvalue weighted by Crippen LogP contribution is -2.33. The van der Waals surface area contributed by atoms with Crippen molar-refractivity contribution in [2.24, 2.45) is 0 Å². The van der Waals surface area contributed by atoms with E-state index >= 15 is 0 Å². The summed E-state index contributed by atoms with van der Waals surface area (Å²) in [6.45, 7) is 1.58. The van der Waals surface area contributed by atoms with Crippen LogP contribution in [0.4, 0.5) is 5.69 Å². The molecule has 0 aliphatic carbocycles. The van der Waals surface area contributed by atoms with Crippen LogP contribution in [0, 0.1) is 0 Å². The largest absolute Gasteiger partial charge is 0.468 e. The standard InChI is InChI=1S/C13H19ClN4O3/c1-21-11(19)8-18-13(20)12(14)10(7-16-18)17-9-4-2-3-5-15-6-9/h7,9,15,17H,2-6,8H2,1H3. The van der Waals surface area contributed by atoms with Crippen molar-refractivity contribution < 1.29 is 9.53 Å². The van der Waals surface area contributed by atoms with Crippen LogP contribution in [0.3, 0.4) is 0 Å². The minimum Gasteiger partial charge on any atom is -0.468 e. The van der Waals surface area contributed by atoms with E-state index in [2.05, 4.69) is 20.5 Å². The zero-order valence-corrected chi connectivity index (χ0v) is 12.7. The topological polar surface area (TPSA) is 85.2 Å². The molecule has 2 rings (SSSR count). The van der Waals surface area contributed by atoms with E-state index in [0.29, 0.717) is 5.69 Å². The fourth-order valence-electron chi connectivity index (χ4n) is 2.23. The van der Waals surface area contributed by atoms with Crippen molar-refractivity contribution >= 4 is 23.3 Å². The Hall–Kier alpha value is -1.60. The van der Waals surface area contributed by atoms with E-state index < -0.39 is 11.5 Å². The summed E-state index contributed by atoms with van der Waals surface area (Å²) in [7, 11) is 1.25. The van der Waals surface area contributed by atoms with Crippen LogP contribution in [-0.4, -0.2) is 42.0 Å². The summed E-state index contributed by atoms with van der Waals surface area (Å²) in [6, 6.07) is 0.211. The number of halogens is 1. The fraction of sp³-hybridized carbons (Fsp3) is 0.615. The number of hydrogen-bond acceptors (Lipinski definition) is 6. The molecule has 21 heavy (non-hydrogen) atoms. The van der Waals surface area contributed by atoms with E-state index in [1.54, 1.807) is 0 Å². The van der Waals surface area contributed by atoms with Crippen molar-refractivity contribution in [1.29, 1.82) is 0 Å². The van der Waals surface area contributed by atoms with Crippen molar-refractivity contribution in [3.8, 4) is 0 Å². The second-order valence-electron chi connectivity index (χ2n) is 4.95. The highest BCUT2D eigenvalue weighted by atomic mass is 35.5. The van der Waals surface area contributed by atoms with Gasteiger partial charge in [0.05, 0.1) is 19.0 Å². The second kappa shape index (κ2) is 7.42. The molecule has 1 aromatic rings. The Morgan fingerprint density at radius 2 is 2.43 bits per heavy atom. The van der Waals surface area contributed by atoms with Gasteiger partial charge >= 0.3 is 5.97 Å². The number of anilines is 1. The maximum atomic E-state index is 12.1. The Bertz CT molecular complexity index is 553. The molecule has 0 radical (unpaired) electrons. The molecular weight excluding hydrogens is 296 g/mol. The highest BCUT2D eigenvalue weighted by molar-refractivity contribution is 6.32. The first kappa shape index (κ1) is 15.8. The molecule has 1 atom stereocenters. The van der Waals surface area contributed by atoms with Gasteiger partial charge in [-0.2, -0.15) is 5.10 Å². The molecule has 1 aliphatic heterocycles. The molecule has 1 aliphatic rings. The third-order valence-corrected chi connectivity index (χ3v) is 3.76. The summed E-state index contributed by atoms with van der Waals surface area (Å²) in [5.74, 6) is -0.547. The number of rotatable bonds is 4. The van der Waals surface area contributed by atoms with Gasteiger partial charge in [-0.3, -0.25) is 9.59 Å². The van der Waals surface area contributed by atoms with E-state index in [-0.39, 0.29) is 17.6 Å². The van der Waals surface area contributed by atoms with Crippen molar-refractivity contribution in [3.05, 3.63) is 21.6 Å². The maximum absolute atomic E-state index is 12.1. The predicted octanol–water partition coefficient (Wildman–Crippen LogP) is 0.624. The Morgan fingerprint density at radius 3 is 3.19 bits per heavy atom. The molecule has 0 amide bonds. The summed E-state index contributed by atoms with van der Waals surface area (Å²) >= 11 is 6.08. The molecule has 116 valence electrons. The number of hydrogen-bond donors (Lipinski definition) is 2. The summed E-state index contributed by atoms with van der Waals surface area (Å²) < 4.78 is 5.50. The molecule has 7 nitrogen and oxygen atoms in total. The molecule has 1 unspecified atom stereocenters. The number of esters is 1. The molecule has 2 N–H and O–H groups in total. The van der Waals surface area contributed by atoms with Gasteiger partial charge in [0.25, 0.3) is 5.56 Å². The summed E-state index contributed by atoms with van der Waals surface area (Å²) in [4.78, 5) is 23.3. The van der Waals surface area contributed by atoms with Gasteiger partial charge < -0.3 is 15.4 Å². The average molecular weight is 315 g/mol. The van der Waals surface area contributed by atoms with E-state index in [1.165, 1.54) is 13.3 Å². The van der Waals surface area contributed by atoms with E-state index in [9.17, 15) is 9.59 Å². The molecule has 0 spiro atoms. The first-order valence-electron chi connectivity index (χ1n) is 6.91. The molecule has 0 saturated carbocycles. The smallest absolute Gasteiger partial charge is 0.327 e. The summed E-state index contributed by atoms with van der Waals surface area (Å²) in [5.41, 5.74) is -0.00914. The number of carbonyl (C=O) groups excluding carboxylic acids is 1. The van der Waals surface area contributed by atoms with Crippen LogP contribution < -0.4 is 16.2 Å². The van der Waals surface area contributed by atoms with Gasteiger partial charge in [-0.1, -0.05) is 18.0 Å². The lowest BCUT2D eigenvalue weighted by molar-refractivity contribution is -0.141. The molecule has 1 fully saturated rings. The lowest BCUT2D eigenvalue weighted by Gasteiger charge is -2.18. The maximum Gasteiger partial charge on any atom is 0.327 e. The molecule has 1 saturated heterocycles. The highest BCUT2D eigenvalue weighted by Crippen LogP contribution is 2.18. The highest BCUT2D eigenvalue weighted by Gasteiger charge is 2.16. The van der Waals surface area contributed by atoms with Gasteiger partial charge in [0.1, 0.15) is 11.6 Å². The molecular formula is C13H19ClN4O3.